The highest BCUT2D eigenvalue weighted by Crippen LogP contribution is 2.19. The number of carbonyl (C=O) groups is 1. The Bertz CT molecular complexity index is 644. The van der Waals surface area contributed by atoms with E-state index in [1.807, 2.05) is 6.92 Å². The van der Waals surface area contributed by atoms with Gasteiger partial charge in [0.2, 0.25) is 0 Å². The molecule has 0 amide bonds. The van der Waals surface area contributed by atoms with Crippen LogP contribution in [0.3, 0.4) is 0 Å². The summed E-state index contributed by atoms with van der Waals surface area (Å²) >= 11 is 1.19. The van der Waals surface area contributed by atoms with Crippen molar-refractivity contribution in [3.63, 3.8) is 0 Å². The van der Waals surface area contributed by atoms with E-state index in [4.69, 9.17) is 4.74 Å². The van der Waals surface area contributed by atoms with Crippen molar-refractivity contribution in [1.82, 2.24) is 8.94 Å². The highest BCUT2D eigenvalue weighted by atomic mass is 32.1. The molecule has 0 aromatic carbocycles. The van der Waals surface area contributed by atoms with E-state index in [1.54, 1.807) is 26.1 Å². The fraction of sp³-hybridized carbons (Fsp3) is 0.417. The molecule has 0 bridgehead atoms. The first kappa shape index (κ1) is 12.8. The Morgan fingerprint density at radius 3 is 3.00 bits per heavy atom. The van der Waals surface area contributed by atoms with Gasteiger partial charge in [0.15, 0.2) is 0 Å². The number of rotatable bonds is 3. The number of pyridine rings is 1. The third-order valence-corrected chi connectivity index (χ3v) is 3.76. The Labute approximate surface area is 108 Å². The first-order valence-corrected chi connectivity index (χ1v) is 6.46. The summed E-state index contributed by atoms with van der Waals surface area (Å²) in [7, 11) is 0. The number of fused-ring (bicyclic) bond motifs is 1. The van der Waals surface area contributed by atoms with Gasteiger partial charge in [-0.2, -0.15) is 0 Å². The quantitative estimate of drug-likeness (QED) is 0.796. The zero-order valence-corrected chi connectivity index (χ0v) is 11.3. The zero-order chi connectivity index (χ0) is 13.3. The molecule has 2 heterocycles. The molecular weight excluding hydrogens is 252 g/mol. The number of esters is 1. The second-order valence-electron chi connectivity index (χ2n) is 4.02. The smallest absolute Gasteiger partial charge is 0.329 e. The van der Waals surface area contributed by atoms with Crippen LogP contribution in [0, 0.1) is 6.92 Å². The van der Waals surface area contributed by atoms with Crippen LogP contribution in [-0.2, 0) is 9.53 Å². The van der Waals surface area contributed by atoms with Crippen LogP contribution in [0.25, 0.3) is 10.2 Å². The van der Waals surface area contributed by atoms with E-state index in [0.717, 1.165) is 5.56 Å². The maximum atomic E-state index is 12.2. The Morgan fingerprint density at radius 2 is 2.33 bits per heavy atom. The van der Waals surface area contributed by atoms with Crippen LogP contribution in [0.4, 0.5) is 0 Å². The molecule has 2 aromatic rings. The van der Waals surface area contributed by atoms with Crippen molar-refractivity contribution >= 4 is 27.7 Å². The van der Waals surface area contributed by atoms with Crippen molar-refractivity contribution in [2.24, 2.45) is 0 Å². The summed E-state index contributed by atoms with van der Waals surface area (Å²) in [6.45, 7) is 5.58. The largest absolute Gasteiger partial charge is 0.464 e. The lowest BCUT2D eigenvalue weighted by atomic mass is 10.2. The minimum atomic E-state index is -0.614. The molecule has 96 valence electrons. The van der Waals surface area contributed by atoms with Gasteiger partial charge in [0.1, 0.15) is 10.9 Å². The molecule has 1 atom stereocenters. The van der Waals surface area contributed by atoms with Gasteiger partial charge in [-0.15, -0.1) is 0 Å². The molecule has 0 aliphatic heterocycles. The first-order chi connectivity index (χ1) is 8.54. The monoisotopic (exact) mass is 266 g/mol. The van der Waals surface area contributed by atoms with Gasteiger partial charge in [-0.25, -0.2) is 13.7 Å². The van der Waals surface area contributed by atoms with Gasteiger partial charge in [-0.3, -0.25) is 4.79 Å². The normalized spacial score (nSPS) is 12.6. The molecular formula is C12H14N2O3S. The lowest BCUT2D eigenvalue weighted by Gasteiger charge is -2.09. The molecule has 0 spiro atoms. The van der Waals surface area contributed by atoms with Crippen molar-refractivity contribution in [2.45, 2.75) is 26.8 Å². The van der Waals surface area contributed by atoms with Crippen molar-refractivity contribution in [2.75, 3.05) is 6.61 Å². The van der Waals surface area contributed by atoms with E-state index in [9.17, 15) is 9.59 Å². The van der Waals surface area contributed by atoms with Gasteiger partial charge < -0.3 is 4.74 Å². The Morgan fingerprint density at radius 1 is 1.61 bits per heavy atom. The molecule has 0 saturated carbocycles. The van der Waals surface area contributed by atoms with Gasteiger partial charge in [-0.1, -0.05) is 0 Å². The lowest BCUT2D eigenvalue weighted by Crippen LogP contribution is -2.25. The van der Waals surface area contributed by atoms with Crippen LogP contribution in [0.5, 0.6) is 0 Å². The van der Waals surface area contributed by atoms with Crippen LogP contribution in [-0.4, -0.2) is 21.5 Å². The van der Waals surface area contributed by atoms with Gasteiger partial charge in [0.05, 0.1) is 12.0 Å². The molecule has 2 aromatic heterocycles. The number of hydrogen-bond acceptors (Lipinski definition) is 5. The van der Waals surface area contributed by atoms with Gasteiger partial charge in [-0.05, 0) is 43.9 Å². The third kappa shape index (κ3) is 2.15. The van der Waals surface area contributed by atoms with E-state index in [2.05, 4.69) is 4.98 Å². The van der Waals surface area contributed by atoms with Crippen LogP contribution < -0.4 is 5.56 Å². The molecule has 1 unspecified atom stereocenters. The number of nitrogens with zero attached hydrogens (tertiary/aromatic N) is 2. The summed E-state index contributed by atoms with van der Waals surface area (Å²) in [5.74, 6) is -0.400. The Hall–Kier alpha value is -1.69. The Balaban J connectivity index is 2.49. The summed E-state index contributed by atoms with van der Waals surface area (Å²) in [6, 6.07) is 1.17. The van der Waals surface area contributed by atoms with Crippen LogP contribution in [0.1, 0.15) is 25.5 Å². The molecule has 0 fully saturated rings. The average Bonchev–Trinajstić information content (AvgIpc) is 2.66. The molecule has 0 saturated heterocycles. The number of ether oxygens (including phenoxy) is 1. The van der Waals surface area contributed by atoms with E-state index < -0.39 is 12.0 Å². The van der Waals surface area contributed by atoms with Crippen LogP contribution in [0.15, 0.2) is 17.1 Å². The fourth-order valence-electron chi connectivity index (χ4n) is 1.65. The standard InChI is InChI=1S/C12H14N2O3S/c1-4-17-12(16)8(3)14-11(15)9-5-7(2)6-13-10(9)18-14/h5-6,8H,4H2,1-3H3. The minimum absolute atomic E-state index is 0.188. The highest BCUT2D eigenvalue weighted by Gasteiger charge is 2.21. The molecule has 0 aliphatic rings. The highest BCUT2D eigenvalue weighted by molar-refractivity contribution is 7.13. The number of aryl methyl sites for hydroxylation is 1. The van der Waals surface area contributed by atoms with Crippen LogP contribution >= 0.6 is 11.5 Å². The lowest BCUT2D eigenvalue weighted by molar-refractivity contribution is -0.146. The maximum absolute atomic E-state index is 12.2. The summed E-state index contributed by atoms with van der Waals surface area (Å²) in [5, 5.41) is 0.552. The number of aromatic nitrogens is 2. The second-order valence-corrected chi connectivity index (χ2v) is 4.98. The van der Waals surface area contributed by atoms with Crippen molar-refractivity contribution in [3.8, 4) is 0 Å². The van der Waals surface area contributed by atoms with Gasteiger partial charge >= 0.3 is 5.97 Å². The van der Waals surface area contributed by atoms with Crippen molar-refractivity contribution < 1.29 is 9.53 Å². The van der Waals surface area contributed by atoms with Gasteiger partial charge in [0, 0.05) is 6.20 Å². The average molecular weight is 266 g/mol. The molecule has 0 aliphatic carbocycles. The maximum Gasteiger partial charge on any atom is 0.329 e. The summed E-state index contributed by atoms with van der Waals surface area (Å²) in [6.07, 6.45) is 1.71. The van der Waals surface area contributed by atoms with Crippen LogP contribution in [0.2, 0.25) is 0 Å². The Kier molecular flexibility index (Phi) is 3.47. The summed E-state index contributed by atoms with van der Waals surface area (Å²) in [5.41, 5.74) is 0.736. The second kappa shape index (κ2) is 4.89. The topological polar surface area (TPSA) is 61.2 Å². The van der Waals surface area contributed by atoms with E-state index in [0.29, 0.717) is 16.8 Å². The number of carbonyl (C=O) groups excluding carboxylic acids is 1. The molecule has 2 rings (SSSR count). The fourth-order valence-corrected chi connectivity index (χ4v) is 2.61. The van der Waals surface area contributed by atoms with Crippen molar-refractivity contribution in [3.05, 3.63) is 28.2 Å². The summed E-state index contributed by atoms with van der Waals surface area (Å²) in [4.78, 5) is 28.6. The molecule has 0 N–H and O–H groups in total. The number of hydrogen-bond donors (Lipinski definition) is 0. The zero-order valence-electron chi connectivity index (χ0n) is 10.5. The SMILES string of the molecule is CCOC(=O)C(C)n1sc2ncc(C)cc2c1=O. The van der Waals surface area contributed by atoms with E-state index >= 15 is 0 Å². The van der Waals surface area contributed by atoms with E-state index in [1.165, 1.54) is 15.5 Å². The van der Waals surface area contributed by atoms with Gasteiger partial charge in [0.25, 0.3) is 5.56 Å². The van der Waals surface area contributed by atoms with Crippen molar-refractivity contribution in [1.29, 1.82) is 0 Å². The summed E-state index contributed by atoms with van der Waals surface area (Å²) < 4.78 is 6.33. The minimum Gasteiger partial charge on any atom is -0.464 e. The predicted molar refractivity (Wildman–Crippen MR) is 70.0 cm³/mol. The third-order valence-electron chi connectivity index (χ3n) is 2.58. The first-order valence-electron chi connectivity index (χ1n) is 5.69. The molecule has 6 heteroatoms. The molecule has 0 radical (unpaired) electrons. The molecule has 5 nitrogen and oxygen atoms in total. The predicted octanol–water partition coefficient (Wildman–Crippen LogP) is 1.89. The van der Waals surface area contributed by atoms with E-state index in [-0.39, 0.29) is 5.56 Å². The molecule has 18 heavy (non-hydrogen) atoms.